The minimum atomic E-state index is -1.78. The Morgan fingerprint density at radius 3 is 2.18 bits per heavy atom. The Morgan fingerprint density at radius 2 is 1.71 bits per heavy atom. The fourth-order valence-electron chi connectivity index (χ4n) is 2.83. The Hall–Kier alpha value is -0.0100. The lowest BCUT2D eigenvalue weighted by atomic mass is 10.0. The van der Waals surface area contributed by atoms with E-state index in [2.05, 4.69) is 16.7 Å². The summed E-state index contributed by atoms with van der Waals surface area (Å²) >= 11 is -1.78. The molecular formula is C11H23N3O2S. The van der Waals surface area contributed by atoms with E-state index in [9.17, 15) is 4.21 Å². The third-order valence-electron chi connectivity index (χ3n) is 4.01. The van der Waals surface area contributed by atoms with Gasteiger partial charge in [-0.1, -0.05) is 6.92 Å². The van der Waals surface area contributed by atoms with Gasteiger partial charge in [-0.25, -0.2) is 4.21 Å². The van der Waals surface area contributed by atoms with Gasteiger partial charge in [-0.05, 0) is 32.5 Å². The quantitative estimate of drug-likeness (QED) is 0.739. The Kier molecular flexibility index (Phi) is 4.93. The molecular weight excluding hydrogens is 238 g/mol. The van der Waals surface area contributed by atoms with Crippen LogP contribution >= 0.6 is 0 Å². The molecule has 5 nitrogen and oxygen atoms in total. The van der Waals surface area contributed by atoms with Crippen molar-refractivity contribution >= 4 is 11.3 Å². The molecule has 1 N–H and O–H groups in total. The SMILES string of the molecule is CCN1CCC(N2CCN(S(=O)O)CC2)CC1. The molecule has 6 heteroatoms. The van der Waals surface area contributed by atoms with Crippen LogP contribution in [0.15, 0.2) is 0 Å². The molecule has 2 fully saturated rings. The van der Waals surface area contributed by atoms with Crippen LogP contribution in [0.25, 0.3) is 0 Å². The van der Waals surface area contributed by atoms with E-state index in [1.807, 2.05) is 0 Å². The van der Waals surface area contributed by atoms with Crippen molar-refractivity contribution in [3.8, 4) is 0 Å². The highest BCUT2D eigenvalue weighted by Gasteiger charge is 2.28. The van der Waals surface area contributed by atoms with Crippen molar-refractivity contribution in [2.45, 2.75) is 25.8 Å². The summed E-state index contributed by atoms with van der Waals surface area (Å²) in [6.45, 7) is 9.08. The maximum Gasteiger partial charge on any atom is 0.234 e. The lowest BCUT2D eigenvalue weighted by molar-refractivity contribution is 0.0826. The van der Waals surface area contributed by atoms with E-state index in [1.165, 1.54) is 25.9 Å². The van der Waals surface area contributed by atoms with E-state index in [4.69, 9.17) is 4.55 Å². The molecule has 0 aromatic rings. The number of likely N-dealkylation sites (tertiary alicyclic amines) is 1. The normalized spacial score (nSPS) is 28.4. The molecule has 0 bridgehead atoms. The van der Waals surface area contributed by atoms with E-state index in [-0.39, 0.29) is 0 Å². The second-order valence-corrected chi connectivity index (χ2v) is 5.84. The minimum Gasteiger partial charge on any atom is -0.303 e. The zero-order chi connectivity index (χ0) is 12.3. The van der Waals surface area contributed by atoms with Crippen LogP contribution in [0.1, 0.15) is 19.8 Å². The van der Waals surface area contributed by atoms with Crippen LogP contribution in [-0.4, -0.2) is 74.7 Å². The zero-order valence-corrected chi connectivity index (χ0v) is 11.4. The van der Waals surface area contributed by atoms with Crippen molar-refractivity contribution in [1.82, 2.24) is 14.1 Å². The standard InChI is InChI=1S/C11H23N3O2S/c1-2-12-5-3-11(4-6-12)13-7-9-14(10-8-13)17(15)16/h11H,2-10H2,1H3,(H,15,16). The van der Waals surface area contributed by atoms with Gasteiger partial charge in [0.15, 0.2) is 0 Å². The molecule has 0 aromatic carbocycles. The average molecular weight is 261 g/mol. The van der Waals surface area contributed by atoms with Crippen LogP contribution in [0.3, 0.4) is 0 Å². The molecule has 100 valence electrons. The fraction of sp³-hybridized carbons (Fsp3) is 1.00. The van der Waals surface area contributed by atoms with E-state index in [0.717, 1.165) is 32.7 Å². The Labute approximate surface area is 106 Å². The summed E-state index contributed by atoms with van der Waals surface area (Å²) in [6, 6.07) is 0.687. The molecule has 0 spiro atoms. The van der Waals surface area contributed by atoms with Crippen molar-refractivity contribution in [3.63, 3.8) is 0 Å². The average Bonchev–Trinajstić information content (AvgIpc) is 2.39. The van der Waals surface area contributed by atoms with E-state index < -0.39 is 11.3 Å². The Balaban J connectivity index is 1.76. The molecule has 1 atom stereocenters. The van der Waals surface area contributed by atoms with Gasteiger partial charge in [0.1, 0.15) is 0 Å². The second kappa shape index (κ2) is 6.24. The number of nitrogens with zero attached hydrogens (tertiary/aromatic N) is 3. The maximum atomic E-state index is 10.9. The lowest BCUT2D eigenvalue weighted by Crippen LogP contribution is -2.53. The van der Waals surface area contributed by atoms with E-state index in [1.54, 1.807) is 4.31 Å². The zero-order valence-electron chi connectivity index (χ0n) is 10.5. The number of hydrogen-bond donors (Lipinski definition) is 1. The van der Waals surface area contributed by atoms with Crippen LogP contribution in [0, 0.1) is 0 Å². The smallest absolute Gasteiger partial charge is 0.234 e. The first-order chi connectivity index (χ1) is 8.20. The van der Waals surface area contributed by atoms with Crippen molar-refractivity contribution in [2.75, 3.05) is 45.8 Å². The highest BCUT2D eigenvalue weighted by molar-refractivity contribution is 7.76. The summed E-state index contributed by atoms with van der Waals surface area (Å²) in [6.07, 6.45) is 2.49. The molecule has 0 saturated carbocycles. The van der Waals surface area contributed by atoms with Gasteiger partial charge in [-0.3, -0.25) is 9.45 Å². The highest BCUT2D eigenvalue weighted by Crippen LogP contribution is 2.18. The third kappa shape index (κ3) is 3.48. The summed E-state index contributed by atoms with van der Waals surface area (Å²) in [5.74, 6) is 0. The van der Waals surface area contributed by atoms with Crippen molar-refractivity contribution in [3.05, 3.63) is 0 Å². The Bertz CT molecular complexity index is 261. The molecule has 0 radical (unpaired) electrons. The summed E-state index contributed by atoms with van der Waals surface area (Å²) in [5.41, 5.74) is 0. The van der Waals surface area contributed by atoms with Gasteiger partial charge in [0.05, 0.1) is 0 Å². The number of hydrogen-bond acceptors (Lipinski definition) is 3. The van der Waals surface area contributed by atoms with Crippen LogP contribution in [0.5, 0.6) is 0 Å². The predicted octanol–water partition coefficient (Wildman–Crippen LogP) is 0.225. The summed E-state index contributed by atoms with van der Waals surface area (Å²) in [5, 5.41) is 0. The van der Waals surface area contributed by atoms with Gasteiger partial charge < -0.3 is 4.90 Å². The van der Waals surface area contributed by atoms with Gasteiger partial charge in [0, 0.05) is 32.2 Å². The first-order valence-corrected chi connectivity index (χ1v) is 7.59. The van der Waals surface area contributed by atoms with Crippen LogP contribution < -0.4 is 0 Å². The second-order valence-electron chi connectivity index (χ2n) is 4.86. The molecule has 2 heterocycles. The molecule has 0 aromatic heterocycles. The van der Waals surface area contributed by atoms with Crippen LogP contribution in [-0.2, 0) is 11.3 Å². The fourth-order valence-corrected chi connectivity index (χ4v) is 3.30. The van der Waals surface area contributed by atoms with Crippen LogP contribution in [0.4, 0.5) is 0 Å². The predicted molar refractivity (Wildman–Crippen MR) is 69.1 cm³/mol. The van der Waals surface area contributed by atoms with Crippen LogP contribution in [0.2, 0.25) is 0 Å². The van der Waals surface area contributed by atoms with Gasteiger partial charge >= 0.3 is 0 Å². The molecule has 0 amide bonds. The van der Waals surface area contributed by atoms with Crippen molar-refractivity contribution in [2.24, 2.45) is 0 Å². The van der Waals surface area contributed by atoms with Gasteiger partial charge in [0.25, 0.3) is 0 Å². The minimum absolute atomic E-state index is 0.687. The first-order valence-electron chi connectivity index (χ1n) is 6.53. The topological polar surface area (TPSA) is 47.0 Å². The summed E-state index contributed by atoms with van der Waals surface area (Å²) in [4.78, 5) is 4.99. The van der Waals surface area contributed by atoms with Gasteiger partial charge in [-0.2, -0.15) is 4.31 Å². The lowest BCUT2D eigenvalue weighted by Gasteiger charge is -2.41. The molecule has 2 rings (SSSR count). The van der Waals surface area contributed by atoms with Gasteiger partial charge in [0.2, 0.25) is 11.3 Å². The molecule has 0 aliphatic carbocycles. The summed E-state index contributed by atoms with van der Waals surface area (Å²) < 4.78 is 21.6. The first kappa shape index (κ1) is 13.4. The van der Waals surface area contributed by atoms with Crippen molar-refractivity contribution in [1.29, 1.82) is 0 Å². The molecule has 2 saturated heterocycles. The van der Waals surface area contributed by atoms with E-state index in [0.29, 0.717) is 6.04 Å². The number of piperazine rings is 1. The highest BCUT2D eigenvalue weighted by atomic mass is 32.2. The Morgan fingerprint density at radius 1 is 1.12 bits per heavy atom. The van der Waals surface area contributed by atoms with Crippen molar-refractivity contribution < 1.29 is 8.76 Å². The molecule has 17 heavy (non-hydrogen) atoms. The monoisotopic (exact) mass is 261 g/mol. The molecule has 2 aliphatic heterocycles. The summed E-state index contributed by atoms with van der Waals surface area (Å²) in [7, 11) is 0. The third-order valence-corrected chi connectivity index (χ3v) is 4.82. The molecule has 1 unspecified atom stereocenters. The molecule has 2 aliphatic rings. The number of rotatable bonds is 3. The number of piperidine rings is 1. The maximum absolute atomic E-state index is 10.9. The largest absolute Gasteiger partial charge is 0.303 e. The van der Waals surface area contributed by atoms with Gasteiger partial charge in [-0.15, -0.1) is 0 Å². The van der Waals surface area contributed by atoms with E-state index >= 15 is 0 Å².